The molecule has 0 spiro atoms. The largest absolute Gasteiger partial charge is 0.295 e. The van der Waals surface area contributed by atoms with Gasteiger partial charge in [-0.25, -0.2) is 0 Å². The van der Waals surface area contributed by atoms with Crippen LogP contribution in [-0.2, 0) is 4.79 Å². The molecule has 0 N–H and O–H groups in total. The highest BCUT2D eigenvalue weighted by atomic mass is 16.1. The number of hydrogen-bond acceptors (Lipinski definition) is 1. The molecule has 1 unspecified atom stereocenters. The molecule has 0 amide bonds. The second-order valence-electron chi connectivity index (χ2n) is 4.10. The molecule has 0 heterocycles. The quantitative estimate of drug-likeness (QED) is 0.552. The molecule has 0 saturated carbocycles. The minimum absolute atomic E-state index is 0.118. The zero-order valence-corrected chi connectivity index (χ0v) is 8.13. The molecule has 0 saturated heterocycles. The predicted molar refractivity (Wildman–Crippen MR) is 53.3 cm³/mol. The zero-order valence-electron chi connectivity index (χ0n) is 8.13. The first-order valence-corrected chi connectivity index (χ1v) is 4.74. The molecule has 68 valence electrons. The average Bonchev–Trinajstić information content (AvgIpc) is 2.12. The Balaban J connectivity index is 2.55. The first-order valence-electron chi connectivity index (χ1n) is 4.74. The molecule has 13 heavy (non-hydrogen) atoms. The number of fused-ring (bicyclic) bond motifs is 1. The standard InChI is InChI=1S/C12H14O/c1-9-10-5-3-4-7-12(10,2)8-6-11(9)13/h3-5,7H,6,8H2,1-2H3. The summed E-state index contributed by atoms with van der Waals surface area (Å²) in [5, 5.41) is 0. The van der Waals surface area contributed by atoms with Gasteiger partial charge in [0.2, 0.25) is 0 Å². The minimum atomic E-state index is 0.118. The molecule has 1 heteroatoms. The van der Waals surface area contributed by atoms with Gasteiger partial charge in [0, 0.05) is 11.8 Å². The highest BCUT2D eigenvalue weighted by Gasteiger charge is 2.33. The second kappa shape index (κ2) is 2.69. The van der Waals surface area contributed by atoms with E-state index in [1.807, 2.05) is 13.0 Å². The summed E-state index contributed by atoms with van der Waals surface area (Å²) >= 11 is 0. The SMILES string of the molecule is CC1=C2C=CC=CC2(C)CCC1=O. The summed E-state index contributed by atoms with van der Waals surface area (Å²) in [7, 11) is 0. The fourth-order valence-electron chi connectivity index (χ4n) is 2.18. The molecule has 0 aliphatic heterocycles. The van der Waals surface area contributed by atoms with Crippen LogP contribution in [0.5, 0.6) is 0 Å². The van der Waals surface area contributed by atoms with E-state index in [1.165, 1.54) is 5.57 Å². The van der Waals surface area contributed by atoms with E-state index in [0.717, 1.165) is 12.0 Å². The van der Waals surface area contributed by atoms with E-state index in [0.29, 0.717) is 12.2 Å². The van der Waals surface area contributed by atoms with E-state index < -0.39 is 0 Å². The molecule has 2 aliphatic carbocycles. The van der Waals surface area contributed by atoms with Crippen molar-refractivity contribution in [3.05, 3.63) is 35.5 Å². The van der Waals surface area contributed by atoms with Crippen molar-refractivity contribution in [3.63, 3.8) is 0 Å². The van der Waals surface area contributed by atoms with Gasteiger partial charge in [0.15, 0.2) is 5.78 Å². The lowest BCUT2D eigenvalue weighted by molar-refractivity contribution is -0.116. The molecule has 2 aliphatic rings. The van der Waals surface area contributed by atoms with Gasteiger partial charge in [0.1, 0.15) is 0 Å². The Morgan fingerprint density at radius 1 is 1.38 bits per heavy atom. The normalized spacial score (nSPS) is 32.3. The molecule has 1 nitrogen and oxygen atoms in total. The number of carbonyl (C=O) groups excluding carboxylic acids is 1. The summed E-state index contributed by atoms with van der Waals surface area (Å²) in [5.74, 6) is 0.312. The van der Waals surface area contributed by atoms with E-state index >= 15 is 0 Å². The van der Waals surface area contributed by atoms with Gasteiger partial charge in [-0.15, -0.1) is 0 Å². The average molecular weight is 174 g/mol. The summed E-state index contributed by atoms with van der Waals surface area (Å²) < 4.78 is 0. The van der Waals surface area contributed by atoms with Crippen molar-refractivity contribution in [1.82, 2.24) is 0 Å². The van der Waals surface area contributed by atoms with Crippen LogP contribution >= 0.6 is 0 Å². The Morgan fingerprint density at radius 3 is 2.92 bits per heavy atom. The van der Waals surface area contributed by atoms with E-state index in [-0.39, 0.29) is 5.41 Å². The third kappa shape index (κ3) is 1.19. The van der Waals surface area contributed by atoms with Crippen LogP contribution < -0.4 is 0 Å². The Morgan fingerprint density at radius 2 is 2.15 bits per heavy atom. The lowest BCUT2D eigenvalue weighted by atomic mass is 9.69. The van der Waals surface area contributed by atoms with Gasteiger partial charge in [-0.2, -0.15) is 0 Å². The molecule has 0 fully saturated rings. The lowest BCUT2D eigenvalue weighted by Gasteiger charge is -2.34. The fourth-order valence-corrected chi connectivity index (χ4v) is 2.18. The Bertz CT molecular complexity index is 344. The summed E-state index contributed by atoms with van der Waals surface area (Å²) in [6, 6.07) is 0. The van der Waals surface area contributed by atoms with Gasteiger partial charge in [-0.3, -0.25) is 4.79 Å². The van der Waals surface area contributed by atoms with Crippen LogP contribution in [0, 0.1) is 5.41 Å². The molecule has 0 radical (unpaired) electrons. The van der Waals surface area contributed by atoms with Crippen LogP contribution in [0.15, 0.2) is 35.5 Å². The Hall–Kier alpha value is -1.11. The van der Waals surface area contributed by atoms with Crippen LogP contribution in [0.3, 0.4) is 0 Å². The van der Waals surface area contributed by atoms with Crippen LogP contribution in [-0.4, -0.2) is 5.78 Å². The molecule has 0 aromatic heterocycles. The Labute approximate surface area is 78.8 Å². The van der Waals surface area contributed by atoms with Crippen LogP contribution in [0.1, 0.15) is 26.7 Å². The number of carbonyl (C=O) groups is 1. The predicted octanol–water partition coefficient (Wildman–Crippen LogP) is 2.80. The summed E-state index contributed by atoms with van der Waals surface area (Å²) in [6.45, 7) is 4.15. The second-order valence-corrected chi connectivity index (χ2v) is 4.10. The van der Waals surface area contributed by atoms with Gasteiger partial charge in [-0.05, 0) is 24.5 Å². The third-order valence-electron chi connectivity index (χ3n) is 3.15. The fraction of sp³-hybridized carbons (Fsp3) is 0.417. The van der Waals surface area contributed by atoms with Crippen molar-refractivity contribution < 1.29 is 4.79 Å². The van der Waals surface area contributed by atoms with E-state index in [4.69, 9.17) is 0 Å². The molecule has 0 aromatic rings. The van der Waals surface area contributed by atoms with Gasteiger partial charge in [-0.1, -0.05) is 31.2 Å². The first kappa shape index (κ1) is 8.49. The van der Waals surface area contributed by atoms with Crippen molar-refractivity contribution in [2.24, 2.45) is 5.41 Å². The van der Waals surface area contributed by atoms with Crippen LogP contribution in [0.25, 0.3) is 0 Å². The maximum Gasteiger partial charge on any atom is 0.158 e. The number of ketones is 1. The molecular formula is C12H14O. The third-order valence-corrected chi connectivity index (χ3v) is 3.15. The summed E-state index contributed by atoms with van der Waals surface area (Å²) in [6.07, 6.45) is 10.0. The Kier molecular flexibility index (Phi) is 1.76. The van der Waals surface area contributed by atoms with Crippen molar-refractivity contribution >= 4 is 5.78 Å². The molecular weight excluding hydrogens is 160 g/mol. The van der Waals surface area contributed by atoms with Crippen molar-refractivity contribution in [2.75, 3.05) is 0 Å². The van der Waals surface area contributed by atoms with Gasteiger partial charge in [0.25, 0.3) is 0 Å². The lowest BCUT2D eigenvalue weighted by Crippen LogP contribution is -2.26. The maximum absolute atomic E-state index is 11.5. The van der Waals surface area contributed by atoms with Gasteiger partial charge < -0.3 is 0 Å². The van der Waals surface area contributed by atoms with Gasteiger partial charge >= 0.3 is 0 Å². The summed E-state index contributed by atoms with van der Waals surface area (Å²) in [5.41, 5.74) is 2.29. The maximum atomic E-state index is 11.5. The van der Waals surface area contributed by atoms with E-state index in [9.17, 15) is 4.79 Å². The van der Waals surface area contributed by atoms with E-state index in [1.54, 1.807) is 0 Å². The number of Topliss-reactive ketones (excluding diaryl/α,β-unsaturated/α-hetero) is 1. The molecule has 0 bridgehead atoms. The van der Waals surface area contributed by atoms with Crippen LogP contribution in [0.2, 0.25) is 0 Å². The monoisotopic (exact) mass is 174 g/mol. The molecule has 0 aromatic carbocycles. The smallest absolute Gasteiger partial charge is 0.158 e. The number of hydrogen-bond donors (Lipinski definition) is 0. The topological polar surface area (TPSA) is 17.1 Å². The van der Waals surface area contributed by atoms with Crippen molar-refractivity contribution in [3.8, 4) is 0 Å². The number of allylic oxidation sites excluding steroid dienone is 6. The van der Waals surface area contributed by atoms with Crippen molar-refractivity contribution in [1.29, 1.82) is 0 Å². The highest BCUT2D eigenvalue weighted by Crippen LogP contribution is 2.42. The van der Waals surface area contributed by atoms with Gasteiger partial charge in [0.05, 0.1) is 0 Å². The van der Waals surface area contributed by atoms with E-state index in [2.05, 4.69) is 25.2 Å². The highest BCUT2D eigenvalue weighted by molar-refractivity contribution is 5.97. The first-order chi connectivity index (χ1) is 6.13. The summed E-state index contributed by atoms with van der Waals surface area (Å²) in [4.78, 5) is 11.5. The molecule has 1 atom stereocenters. The zero-order chi connectivity index (χ0) is 9.47. The number of rotatable bonds is 0. The minimum Gasteiger partial charge on any atom is -0.295 e. The van der Waals surface area contributed by atoms with Crippen LogP contribution in [0.4, 0.5) is 0 Å². The molecule has 2 rings (SSSR count). The van der Waals surface area contributed by atoms with Crippen molar-refractivity contribution in [2.45, 2.75) is 26.7 Å².